The molecule has 2 aromatic rings. The maximum atomic E-state index is 12.9. The van der Waals surface area contributed by atoms with Gasteiger partial charge in [0.25, 0.3) is 0 Å². The smallest absolute Gasteiger partial charge is 0.243 e. The highest BCUT2D eigenvalue weighted by molar-refractivity contribution is 7.89. The Bertz CT molecular complexity index is 781. The van der Waals surface area contributed by atoms with E-state index in [1.165, 1.54) is 24.5 Å². The predicted molar refractivity (Wildman–Crippen MR) is 90.7 cm³/mol. The van der Waals surface area contributed by atoms with E-state index in [1.54, 1.807) is 24.3 Å². The van der Waals surface area contributed by atoms with Crippen molar-refractivity contribution in [3.05, 3.63) is 66.6 Å². The largest absolute Gasteiger partial charge is 0.468 e. The van der Waals surface area contributed by atoms with Gasteiger partial charge in [0.15, 0.2) is 0 Å². The summed E-state index contributed by atoms with van der Waals surface area (Å²) in [5.74, 6) is 0.0550. The highest BCUT2D eigenvalue weighted by Gasteiger charge is 2.27. The number of aryl methyl sites for hydroxylation is 1. The number of nitrogens with zero attached hydrogens (tertiary/aromatic N) is 1. The molecule has 1 amide bonds. The Kier molecular flexibility index (Phi) is 5.94. The molecule has 24 heavy (non-hydrogen) atoms. The molecular weight excluding hydrogens is 328 g/mol. The molecule has 1 N–H and O–H groups in total. The number of sulfonamides is 1. The summed E-state index contributed by atoms with van der Waals surface area (Å²) in [5, 5.41) is 2.58. The average Bonchev–Trinajstić information content (AvgIpc) is 3.06. The van der Waals surface area contributed by atoms with Crippen molar-refractivity contribution in [1.29, 1.82) is 0 Å². The molecule has 0 atom stereocenters. The molecule has 0 aliphatic rings. The fourth-order valence-corrected chi connectivity index (χ4v) is 3.43. The van der Waals surface area contributed by atoms with E-state index in [-0.39, 0.29) is 24.5 Å². The fraction of sp³-hybridized carbons (Fsp3) is 0.235. The van der Waals surface area contributed by atoms with Gasteiger partial charge in [-0.25, -0.2) is 8.42 Å². The van der Waals surface area contributed by atoms with Gasteiger partial charge >= 0.3 is 0 Å². The van der Waals surface area contributed by atoms with E-state index in [1.807, 2.05) is 6.92 Å². The van der Waals surface area contributed by atoms with Crippen molar-refractivity contribution < 1.29 is 17.6 Å². The standard InChI is InChI=1S/C17H20N2O4S/c1-3-10-18-17(20)13-19(12-15-5-4-11-23-15)24(21,22)16-8-6-14(2)7-9-16/h3-9,11H,1,10,12-13H2,2H3,(H,18,20). The number of furan rings is 1. The molecule has 0 aliphatic heterocycles. The Labute approximate surface area is 141 Å². The van der Waals surface area contributed by atoms with Gasteiger partial charge in [-0.05, 0) is 31.2 Å². The van der Waals surface area contributed by atoms with E-state index in [0.29, 0.717) is 5.76 Å². The van der Waals surface area contributed by atoms with Gasteiger partial charge in [0.2, 0.25) is 15.9 Å². The van der Waals surface area contributed by atoms with Gasteiger partial charge < -0.3 is 9.73 Å². The molecule has 0 unspecified atom stereocenters. The normalized spacial score (nSPS) is 11.4. The third-order valence-corrected chi connectivity index (χ3v) is 5.14. The first-order chi connectivity index (χ1) is 11.4. The Hall–Kier alpha value is -2.38. The summed E-state index contributed by atoms with van der Waals surface area (Å²) >= 11 is 0. The van der Waals surface area contributed by atoms with Crippen LogP contribution in [-0.2, 0) is 21.4 Å². The number of nitrogens with one attached hydrogen (secondary N) is 1. The van der Waals surface area contributed by atoms with Crippen molar-refractivity contribution in [2.24, 2.45) is 0 Å². The van der Waals surface area contributed by atoms with Crippen molar-refractivity contribution in [3.8, 4) is 0 Å². The zero-order valence-electron chi connectivity index (χ0n) is 13.4. The van der Waals surface area contributed by atoms with Crippen LogP contribution in [-0.4, -0.2) is 31.7 Å². The average molecular weight is 348 g/mol. The molecule has 0 spiro atoms. The number of carbonyl (C=O) groups is 1. The van der Waals surface area contributed by atoms with E-state index in [2.05, 4.69) is 11.9 Å². The van der Waals surface area contributed by atoms with Crippen LogP contribution in [0.25, 0.3) is 0 Å². The van der Waals surface area contributed by atoms with Crippen molar-refractivity contribution in [3.63, 3.8) is 0 Å². The summed E-state index contributed by atoms with van der Waals surface area (Å²) < 4.78 is 32.0. The molecule has 128 valence electrons. The van der Waals surface area contributed by atoms with E-state index in [0.717, 1.165) is 9.87 Å². The minimum atomic E-state index is -3.83. The number of hydrogen-bond donors (Lipinski definition) is 1. The van der Waals surface area contributed by atoms with Crippen molar-refractivity contribution >= 4 is 15.9 Å². The zero-order valence-corrected chi connectivity index (χ0v) is 14.3. The summed E-state index contributed by atoms with van der Waals surface area (Å²) in [6.45, 7) is 5.34. The maximum Gasteiger partial charge on any atom is 0.243 e. The number of rotatable bonds is 8. The SMILES string of the molecule is C=CCNC(=O)CN(Cc1ccco1)S(=O)(=O)c1ccc(C)cc1. The third kappa shape index (κ3) is 4.56. The van der Waals surface area contributed by atoms with Gasteiger partial charge in [0.1, 0.15) is 5.76 Å². The lowest BCUT2D eigenvalue weighted by molar-refractivity contribution is -0.121. The van der Waals surface area contributed by atoms with Crippen LogP contribution in [0.2, 0.25) is 0 Å². The van der Waals surface area contributed by atoms with Crippen LogP contribution in [0.3, 0.4) is 0 Å². The molecular formula is C17H20N2O4S. The second-order valence-electron chi connectivity index (χ2n) is 5.26. The lowest BCUT2D eigenvalue weighted by Crippen LogP contribution is -2.40. The van der Waals surface area contributed by atoms with Gasteiger partial charge in [0.05, 0.1) is 24.2 Å². The Balaban J connectivity index is 2.27. The van der Waals surface area contributed by atoms with E-state index in [9.17, 15) is 13.2 Å². The number of benzene rings is 1. The monoisotopic (exact) mass is 348 g/mol. The third-order valence-electron chi connectivity index (χ3n) is 3.33. The highest BCUT2D eigenvalue weighted by Crippen LogP contribution is 2.19. The number of carbonyl (C=O) groups excluding carboxylic acids is 1. The molecule has 0 aliphatic carbocycles. The van der Waals surface area contributed by atoms with Gasteiger partial charge in [-0.2, -0.15) is 4.31 Å². The molecule has 1 heterocycles. The molecule has 2 rings (SSSR count). The summed E-state index contributed by atoms with van der Waals surface area (Å²) in [6.07, 6.45) is 2.99. The molecule has 0 saturated carbocycles. The molecule has 7 heteroatoms. The second-order valence-corrected chi connectivity index (χ2v) is 7.20. The van der Waals surface area contributed by atoms with Crippen molar-refractivity contribution in [2.75, 3.05) is 13.1 Å². The number of amides is 1. The van der Waals surface area contributed by atoms with Crippen LogP contribution >= 0.6 is 0 Å². The number of hydrogen-bond acceptors (Lipinski definition) is 4. The molecule has 1 aromatic carbocycles. The van der Waals surface area contributed by atoms with Crippen molar-refractivity contribution in [2.45, 2.75) is 18.4 Å². The van der Waals surface area contributed by atoms with Crippen LogP contribution in [0.15, 0.2) is 64.6 Å². The van der Waals surface area contributed by atoms with Crippen LogP contribution in [0.4, 0.5) is 0 Å². The van der Waals surface area contributed by atoms with Crippen LogP contribution in [0.5, 0.6) is 0 Å². The molecule has 1 aromatic heterocycles. The lowest BCUT2D eigenvalue weighted by atomic mass is 10.2. The lowest BCUT2D eigenvalue weighted by Gasteiger charge is -2.21. The summed E-state index contributed by atoms with van der Waals surface area (Å²) in [6, 6.07) is 9.83. The quantitative estimate of drug-likeness (QED) is 0.741. The van der Waals surface area contributed by atoms with Crippen LogP contribution in [0, 0.1) is 6.92 Å². The van der Waals surface area contributed by atoms with Gasteiger partial charge in [-0.3, -0.25) is 4.79 Å². The van der Waals surface area contributed by atoms with E-state index >= 15 is 0 Å². The topological polar surface area (TPSA) is 79.6 Å². The van der Waals surface area contributed by atoms with Gasteiger partial charge in [-0.15, -0.1) is 6.58 Å². The van der Waals surface area contributed by atoms with E-state index < -0.39 is 15.9 Å². The zero-order chi connectivity index (χ0) is 17.6. The predicted octanol–water partition coefficient (Wildman–Crippen LogP) is 2.08. The first-order valence-electron chi connectivity index (χ1n) is 7.40. The van der Waals surface area contributed by atoms with Gasteiger partial charge in [-0.1, -0.05) is 23.8 Å². The Morgan fingerprint density at radius 3 is 2.58 bits per heavy atom. The first-order valence-corrected chi connectivity index (χ1v) is 8.84. The van der Waals surface area contributed by atoms with E-state index in [4.69, 9.17) is 4.42 Å². The molecule has 0 radical (unpaired) electrons. The second kappa shape index (κ2) is 7.94. The molecule has 0 fully saturated rings. The van der Waals surface area contributed by atoms with Crippen LogP contribution < -0.4 is 5.32 Å². The summed E-state index contributed by atoms with van der Waals surface area (Å²) in [7, 11) is -3.83. The Morgan fingerprint density at radius 2 is 2.00 bits per heavy atom. The minimum Gasteiger partial charge on any atom is -0.468 e. The Morgan fingerprint density at radius 1 is 1.29 bits per heavy atom. The summed E-state index contributed by atoms with van der Waals surface area (Å²) in [4.78, 5) is 12.1. The molecule has 0 bridgehead atoms. The molecule has 0 saturated heterocycles. The minimum absolute atomic E-state index is 0.0231. The maximum absolute atomic E-state index is 12.9. The van der Waals surface area contributed by atoms with Gasteiger partial charge in [0, 0.05) is 6.54 Å². The molecule has 6 nitrogen and oxygen atoms in total. The summed E-state index contributed by atoms with van der Waals surface area (Å²) in [5.41, 5.74) is 0.954. The fourth-order valence-electron chi connectivity index (χ4n) is 2.06. The van der Waals surface area contributed by atoms with Crippen molar-refractivity contribution in [1.82, 2.24) is 9.62 Å². The highest BCUT2D eigenvalue weighted by atomic mass is 32.2. The van der Waals surface area contributed by atoms with Crippen LogP contribution in [0.1, 0.15) is 11.3 Å². The first kappa shape index (κ1) is 18.0.